The summed E-state index contributed by atoms with van der Waals surface area (Å²) in [6.07, 6.45) is 0. The van der Waals surface area contributed by atoms with Gasteiger partial charge in [0.05, 0.1) is 17.7 Å². The standard InChI is InChI=1S/C14H6Cl2N4/c1-17-9-4-2-3-8(7-9)11-6-5-10-12(15)19-14(16)20-13(10)18-11/h2-7H. The highest BCUT2D eigenvalue weighted by molar-refractivity contribution is 6.35. The van der Waals surface area contributed by atoms with E-state index in [0.717, 1.165) is 5.56 Å². The number of aromatic nitrogens is 3. The Bertz CT molecular complexity index is 855. The van der Waals surface area contributed by atoms with Crippen LogP contribution in [0, 0.1) is 6.57 Å². The number of fused-ring (bicyclic) bond motifs is 1. The van der Waals surface area contributed by atoms with Gasteiger partial charge in [0.2, 0.25) is 5.28 Å². The summed E-state index contributed by atoms with van der Waals surface area (Å²) < 4.78 is 0. The molecule has 6 heteroatoms. The van der Waals surface area contributed by atoms with Crippen molar-refractivity contribution < 1.29 is 0 Å². The third-order valence-electron chi connectivity index (χ3n) is 2.76. The zero-order valence-electron chi connectivity index (χ0n) is 10.0. The van der Waals surface area contributed by atoms with E-state index in [1.807, 2.05) is 18.2 Å². The first-order valence-electron chi connectivity index (χ1n) is 5.65. The fourth-order valence-corrected chi connectivity index (χ4v) is 2.28. The lowest BCUT2D eigenvalue weighted by Crippen LogP contribution is -1.92. The van der Waals surface area contributed by atoms with E-state index in [0.29, 0.717) is 22.4 Å². The molecule has 0 fully saturated rings. The molecule has 2 heterocycles. The smallest absolute Gasteiger partial charge is 0.225 e. The van der Waals surface area contributed by atoms with E-state index >= 15 is 0 Å². The van der Waals surface area contributed by atoms with Gasteiger partial charge in [-0.1, -0.05) is 29.8 Å². The van der Waals surface area contributed by atoms with Gasteiger partial charge in [-0.3, -0.25) is 0 Å². The number of halogens is 2. The second-order valence-corrected chi connectivity index (χ2v) is 4.71. The molecule has 1 aromatic carbocycles. The second-order valence-electron chi connectivity index (χ2n) is 4.01. The number of pyridine rings is 1. The Hall–Kier alpha value is -2.22. The van der Waals surface area contributed by atoms with Gasteiger partial charge in [-0.15, -0.1) is 0 Å². The van der Waals surface area contributed by atoms with E-state index in [1.165, 1.54) is 0 Å². The van der Waals surface area contributed by atoms with Gasteiger partial charge < -0.3 is 0 Å². The molecule has 0 saturated heterocycles. The van der Waals surface area contributed by atoms with Crippen molar-refractivity contribution in [2.45, 2.75) is 0 Å². The monoisotopic (exact) mass is 300 g/mol. The van der Waals surface area contributed by atoms with Crippen LogP contribution in [0.25, 0.3) is 27.1 Å². The van der Waals surface area contributed by atoms with Crippen molar-refractivity contribution in [3.8, 4) is 11.3 Å². The number of nitrogens with zero attached hydrogens (tertiary/aromatic N) is 4. The molecule has 3 aromatic rings. The molecule has 0 spiro atoms. The molecule has 0 aliphatic rings. The van der Waals surface area contributed by atoms with Crippen LogP contribution in [-0.2, 0) is 0 Å². The highest BCUT2D eigenvalue weighted by Crippen LogP contribution is 2.26. The lowest BCUT2D eigenvalue weighted by atomic mass is 10.1. The van der Waals surface area contributed by atoms with Gasteiger partial charge in [-0.25, -0.2) is 14.8 Å². The summed E-state index contributed by atoms with van der Waals surface area (Å²) in [6, 6.07) is 10.8. The fourth-order valence-electron chi connectivity index (χ4n) is 1.84. The first kappa shape index (κ1) is 12.8. The topological polar surface area (TPSA) is 43.0 Å². The van der Waals surface area contributed by atoms with Gasteiger partial charge in [-0.2, -0.15) is 4.98 Å². The highest BCUT2D eigenvalue weighted by atomic mass is 35.5. The lowest BCUT2D eigenvalue weighted by molar-refractivity contribution is 1.18. The quantitative estimate of drug-likeness (QED) is 0.376. The molecule has 0 aliphatic heterocycles. The average Bonchev–Trinajstić information content (AvgIpc) is 2.46. The summed E-state index contributed by atoms with van der Waals surface area (Å²) in [6.45, 7) is 7.04. The van der Waals surface area contributed by atoms with Crippen LogP contribution >= 0.6 is 23.2 Å². The SMILES string of the molecule is [C-]#[N+]c1cccc(-c2ccc3c(Cl)nc(Cl)nc3n2)c1. The number of hydrogen-bond donors (Lipinski definition) is 0. The summed E-state index contributed by atoms with van der Waals surface area (Å²) in [5, 5.41) is 0.970. The number of hydrogen-bond acceptors (Lipinski definition) is 3. The maximum Gasteiger partial charge on any atom is 0.225 e. The van der Waals surface area contributed by atoms with Gasteiger partial charge >= 0.3 is 0 Å². The summed E-state index contributed by atoms with van der Waals surface area (Å²) in [7, 11) is 0. The molecule has 0 bridgehead atoms. The Morgan fingerprint density at radius 1 is 1.00 bits per heavy atom. The predicted molar refractivity (Wildman–Crippen MR) is 79.1 cm³/mol. The van der Waals surface area contributed by atoms with E-state index in [9.17, 15) is 0 Å². The first-order chi connectivity index (χ1) is 9.67. The van der Waals surface area contributed by atoms with Crippen LogP contribution in [-0.4, -0.2) is 15.0 Å². The van der Waals surface area contributed by atoms with Gasteiger partial charge in [0.15, 0.2) is 11.3 Å². The summed E-state index contributed by atoms with van der Waals surface area (Å²) in [4.78, 5) is 15.8. The van der Waals surface area contributed by atoms with Crippen molar-refractivity contribution in [3.63, 3.8) is 0 Å². The zero-order valence-corrected chi connectivity index (χ0v) is 11.5. The van der Waals surface area contributed by atoms with Gasteiger partial charge in [0.1, 0.15) is 5.15 Å². The van der Waals surface area contributed by atoms with Crippen molar-refractivity contribution in [1.29, 1.82) is 0 Å². The van der Waals surface area contributed by atoms with Crippen molar-refractivity contribution >= 4 is 39.9 Å². The molecule has 0 radical (unpaired) electrons. The van der Waals surface area contributed by atoms with Crippen molar-refractivity contribution in [3.05, 3.63) is 58.3 Å². The van der Waals surface area contributed by atoms with E-state index < -0.39 is 0 Å². The molecule has 0 aliphatic carbocycles. The summed E-state index contributed by atoms with van der Waals surface area (Å²) in [5.41, 5.74) is 2.53. The molecular weight excluding hydrogens is 295 g/mol. The minimum Gasteiger partial charge on any atom is -0.238 e. The molecule has 0 N–H and O–H groups in total. The van der Waals surface area contributed by atoms with Gasteiger partial charge in [-0.05, 0) is 35.4 Å². The van der Waals surface area contributed by atoms with Crippen LogP contribution in [0.4, 0.5) is 5.69 Å². The van der Waals surface area contributed by atoms with Crippen LogP contribution in [0.3, 0.4) is 0 Å². The van der Waals surface area contributed by atoms with E-state index in [2.05, 4.69) is 19.8 Å². The van der Waals surface area contributed by atoms with Crippen LogP contribution in [0.15, 0.2) is 36.4 Å². The third-order valence-corrected chi connectivity index (χ3v) is 3.21. The molecule has 20 heavy (non-hydrogen) atoms. The molecule has 3 rings (SSSR count). The van der Waals surface area contributed by atoms with Crippen molar-refractivity contribution in [2.24, 2.45) is 0 Å². The highest BCUT2D eigenvalue weighted by Gasteiger charge is 2.08. The van der Waals surface area contributed by atoms with E-state index in [-0.39, 0.29) is 10.4 Å². The molecular formula is C14H6Cl2N4. The molecule has 0 unspecified atom stereocenters. The van der Waals surface area contributed by atoms with Crippen LogP contribution in [0.1, 0.15) is 0 Å². The lowest BCUT2D eigenvalue weighted by Gasteiger charge is -2.04. The Balaban J connectivity index is 2.20. The summed E-state index contributed by atoms with van der Waals surface area (Å²) in [5.74, 6) is 0. The Kier molecular flexibility index (Phi) is 3.23. The number of benzene rings is 1. The fraction of sp³-hybridized carbons (Fsp3) is 0. The molecule has 0 saturated carbocycles. The number of rotatable bonds is 1. The molecule has 2 aromatic heterocycles. The molecule has 4 nitrogen and oxygen atoms in total. The average molecular weight is 301 g/mol. The first-order valence-corrected chi connectivity index (χ1v) is 6.40. The minimum absolute atomic E-state index is 0.0575. The van der Waals surface area contributed by atoms with E-state index in [4.69, 9.17) is 29.8 Å². The van der Waals surface area contributed by atoms with Crippen molar-refractivity contribution in [1.82, 2.24) is 15.0 Å². The normalized spacial score (nSPS) is 10.4. The zero-order chi connectivity index (χ0) is 14.1. The third kappa shape index (κ3) is 2.29. The second kappa shape index (κ2) is 5.04. The molecule has 0 atom stereocenters. The van der Waals surface area contributed by atoms with Gasteiger partial charge in [0.25, 0.3) is 0 Å². The predicted octanol–water partition coefficient (Wildman–Crippen LogP) is 4.55. The minimum atomic E-state index is 0.0575. The van der Waals surface area contributed by atoms with Crippen molar-refractivity contribution in [2.75, 3.05) is 0 Å². The Morgan fingerprint density at radius 3 is 2.65 bits per heavy atom. The van der Waals surface area contributed by atoms with Crippen LogP contribution < -0.4 is 0 Å². The summed E-state index contributed by atoms with van der Waals surface area (Å²) >= 11 is 11.8. The van der Waals surface area contributed by atoms with E-state index in [1.54, 1.807) is 18.2 Å². The van der Waals surface area contributed by atoms with Crippen LogP contribution in [0.5, 0.6) is 0 Å². The molecule has 96 valence electrons. The maximum absolute atomic E-state index is 7.04. The maximum atomic E-state index is 7.04. The van der Waals surface area contributed by atoms with Crippen LogP contribution in [0.2, 0.25) is 10.4 Å². The van der Waals surface area contributed by atoms with Gasteiger partial charge in [0, 0.05) is 0 Å². The largest absolute Gasteiger partial charge is 0.238 e. The Labute approximate surface area is 124 Å². The Morgan fingerprint density at radius 2 is 1.85 bits per heavy atom. The molecule has 0 amide bonds.